The summed E-state index contributed by atoms with van der Waals surface area (Å²) in [5, 5.41) is 4.37. The Kier molecular flexibility index (Phi) is 4.89. The van der Waals surface area contributed by atoms with E-state index in [0.717, 1.165) is 22.4 Å². The lowest BCUT2D eigenvalue weighted by Crippen LogP contribution is -2.32. The summed E-state index contributed by atoms with van der Waals surface area (Å²) in [6.07, 6.45) is 0.387. The highest BCUT2D eigenvalue weighted by Crippen LogP contribution is 2.22. The van der Waals surface area contributed by atoms with E-state index in [0.29, 0.717) is 6.42 Å². The van der Waals surface area contributed by atoms with Crippen LogP contribution in [0.3, 0.4) is 0 Å². The lowest BCUT2D eigenvalue weighted by Gasteiger charge is -2.14. The molecule has 0 aromatic carbocycles. The minimum atomic E-state index is -0.123. The van der Waals surface area contributed by atoms with Crippen molar-refractivity contribution in [3.63, 3.8) is 0 Å². The normalized spacial score (nSPS) is 14.7. The molecule has 0 aliphatic rings. The van der Waals surface area contributed by atoms with E-state index in [9.17, 15) is 4.79 Å². The van der Waals surface area contributed by atoms with Crippen molar-refractivity contribution in [1.29, 1.82) is 0 Å². The Morgan fingerprint density at radius 2 is 2.12 bits per heavy atom. The minimum Gasteiger partial charge on any atom is -0.327 e. The maximum Gasteiger partial charge on any atom is 0.143 e. The molecule has 1 aromatic rings. The predicted octanol–water partition coefficient (Wildman–Crippen LogP) is 2.07. The summed E-state index contributed by atoms with van der Waals surface area (Å²) in [6.45, 7) is 8.45. The van der Waals surface area contributed by atoms with Crippen molar-refractivity contribution in [2.24, 2.45) is 11.7 Å². The van der Waals surface area contributed by atoms with Crippen LogP contribution in [0.5, 0.6) is 0 Å². The van der Waals surface area contributed by atoms with Gasteiger partial charge in [0, 0.05) is 24.9 Å². The quantitative estimate of drug-likeness (QED) is 0.905. The highest BCUT2D eigenvalue weighted by molar-refractivity contribution is 9.10. The first-order valence-corrected chi connectivity index (χ1v) is 6.67. The monoisotopic (exact) mass is 301 g/mol. The molecule has 5 heteroatoms. The third-order valence-corrected chi connectivity index (χ3v) is 4.12. The van der Waals surface area contributed by atoms with E-state index >= 15 is 0 Å². The van der Waals surface area contributed by atoms with Gasteiger partial charge in [-0.15, -0.1) is 0 Å². The van der Waals surface area contributed by atoms with Gasteiger partial charge in [-0.05, 0) is 36.7 Å². The van der Waals surface area contributed by atoms with Crippen molar-refractivity contribution < 1.29 is 4.79 Å². The van der Waals surface area contributed by atoms with Crippen LogP contribution < -0.4 is 5.73 Å². The number of halogens is 1. The number of carbonyl (C=O) groups excluding carboxylic acids is 1. The molecule has 0 aliphatic carbocycles. The molecule has 2 unspecified atom stereocenters. The van der Waals surface area contributed by atoms with Gasteiger partial charge in [0.1, 0.15) is 5.78 Å². The largest absolute Gasteiger partial charge is 0.327 e. The van der Waals surface area contributed by atoms with Gasteiger partial charge in [0.2, 0.25) is 0 Å². The van der Waals surface area contributed by atoms with Gasteiger partial charge in [0.25, 0.3) is 0 Å². The van der Waals surface area contributed by atoms with Gasteiger partial charge < -0.3 is 5.73 Å². The summed E-state index contributed by atoms with van der Waals surface area (Å²) in [5.74, 6) is 0.0395. The fourth-order valence-corrected chi connectivity index (χ4v) is 2.08. The Morgan fingerprint density at radius 3 is 2.59 bits per heavy atom. The molecule has 0 saturated heterocycles. The third-order valence-electron chi connectivity index (χ3n) is 3.09. The molecule has 1 heterocycles. The number of rotatable bonds is 5. The Hall–Kier alpha value is -0.680. The van der Waals surface area contributed by atoms with Crippen molar-refractivity contribution in [2.45, 2.75) is 46.7 Å². The van der Waals surface area contributed by atoms with Crippen LogP contribution in [0.1, 0.15) is 32.2 Å². The van der Waals surface area contributed by atoms with Crippen molar-refractivity contribution >= 4 is 21.7 Å². The summed E-state index contributed by atoms with van der Waals surface area (Å²) in [5.41, 5.74) is 7.62. The summed E-state index contributed by atoms with van der Waals surface area (Å²) in [7, 11) is 0. The number of aromatic nitrogens is 2. The molecule has 0 aliphatic heterocycles. The van der Waals surface area contributed by atoms with Gasteiger partial charge in [-0.2, -0.15) is 5.10 Å². The molecule has 96 valence electrons. The second-order valence-corrected chi connectivity index (χ2v) is 5.25. The van der Waals surface area contributed by atoms with Gasteiger partial charge >= 0.3 is 0 Å². The summed E-state index contributed by atoms with van der Waals surface area (Å²) >= 11 is 3.49. The molecule has 0 saturated carbocycles. The van der Waals surface area contributed by atoms with Crippen molar-refractivity contribution in [3.05, 3.63) is 15.9 Å². The van der Waals surface area contributed by atoms with Crippen LogP contribution in [0, 0.1) is 12.8 Å². The Labute approximate surface area is 111 Å². The first-order chi connectivity index (χ1) is 7.88. The lowest BCUT2D eigenvalue weighted by atomic mass is 9.96. The summed E-state index contributed by atoms with van der Waals surface area (Å²) < 4.78 is 2.80. The van der Waals surface area contributed by atoms with Crippen molar-refractivity contribution in [2.75, 3.05) is 0 Å². The van der Waals surface area contributed by atoms with E-state index in [1.165, 1.54) is 0 Å². The lowest BCUT2D eigenvalue weighted by molar-refractivity contribution is -0.122. The molecular weight excluding hydrogens is 282 g/mol. The minimum absolute atomic E-state index is 0.111. The zero-order chi connectivity index (χ0) is 13.2. The van der Waals surface area contributed by atoms with Gasteiger partial charge in [-0.1, -0.05) is 6.92 Å². The average Bonchev–Trinajstić information content (AvgIpc) is 2.55. The predicted molar refractivity (Wildman–Crippen MR) is 71.9 cm³/mol. The zero-order valence-corrected chi connectivity index (χ0v) is 12.4. The number of ketones is 1. The van der Waals surface area contributed by atoms with Gasteiger partial charge in [0.15, 0.2) is 0 Å². The molecular formula is C12H20BrN3O. The summed E-state index contributed by atoms with van der Waals surface area (Å²) in [4.78, 5) is 12.0. The molecule has 2 N–H and O–H groups in total. The highest BCUT2D eigenvalue weighted by Gasteiger charge is 2.21. The van der Waals surface area contributed by atoms with Crippen LogP contribution in [0.25, 0.3) is 0 Å². The van der Waals surface area contributed by atoms with Crippen LogP contribution in [-0.2, 0) is 17.8 Å². The van der Waals surface area contributed by atoms with Crippen LogP contribution in [0.15, 0.2) is 4.47 Å². The Bertz CT molecular complexity index is 412. The van der Waals surface area contributed by atoms with Crippen LogP contribution in [0.2, 0.25) is 0 Å². The number of hydrogen-bond acceptors (Lipinski definition) is 3. The maximum absolute atomic E-state index is 12.0. The number of carbonyl (C=O) groups is 1. The van der Waals surface area contributed by atoms with Crippen LogP contribution in [-0.4, -0.2) is 21.6 Å². The number of nitrogens with zero attached hydrogens (tertiary/aromatic N) is 2. The molecule has 0 fully saturated rings. The number of hydrogen-bond donors (Lipinski definition) is 1. The number of aryl methyl sites for hydroxylation is 2. The van der Waals surface area contributed by atoms with E-state index in [2.05, 4.69) is 21.0 Å². The average molecular weight is 302 g/mol. The van der Waals surface area contributed by atoms with Crippen molar-refractivity contribution in [3.8, 4) is 0 Å². The number of Topliss-reactive ketones (excluding diaryl/α,β-unsaturated/α-hetero) is 1. The van der Waals surface area contributed by atoms with E-state index < -0.39 is 0 Å². The molecule has 2 atom stereocenters. The fourth-order valence-electron chi connectivity index (χ4n) is 1.66. The molecule has 4 nitrogen and oxygen atoms in total. The van der Waals surface area contributed by atoms with Crippen LogP contribution >= 0.6 is 15.9 Å². The number of nitrogens with two attached hydrogens (primary N) is 1. The molecule has 0 amide bonds. The molecule has 1 rings (SSSR count). The van der Waals surface area contributed by atoms with E-state index in [1.54, 1.807) is 0 Å². The van der Waals surface area contributed by atoms with Gasteiger partial charge in [-0.25, -0.2) is 0 Å². The molecule has 0 spiro atoms. The Morgan fingerprint density at radius 1 is 1.53 bits per heavy atom. The van der Waals surface area contributed by atoms with Crippen molar-refractivity contribution in [1.82, 2.24) is 9.78 Å². The maximum atomic E-state index is 12.0. The standard InChI is InChI=1S/C12H20BrN3O/c1-5-16-10(12(13)9(4)15-16)6-11(17)7(2)8(3)14/h7-8H,5-6,14H2,1-4H3. The summed E-state index contributed by atoms with van der Waals surface area (Å²) in [6, 6.07) is -0.111. The van der Waals surface area contributed by atoms with Gasteiger partial charge in [0.05, 0.1) is 15.9 Å². The highest BCUT2D eigenvalue weighted by atomic mass is 79.9. The smallest absolute Gasteiger partial charge is 0.143 e. The van der Waals surface area contributed by atoms with E-state index in [4.69, 9.17) is 5.73 Å². The molecule has 1 aromatic heterocycles. The second kappa shape index (κ2) is 5.78. The Balaban J connectivity index is 2.91. The first-order valence-electron chi connectivity index (χ1n) is 5.88. The topological polar surface area (TPSA) is 60.9 Å². The van der Waals surface area contributed by atoms with Crippen LogP contribution in [0.4, 0.5) is 0 Å². The second-order valence-electron chi connectivity index (χ2n) is 4.45. The molecule has 0 radical (unpaired) electrons. The van der Waals surface area contributed by atoms with E-state index in [-0.39, 0.29) is 17.7 Å². The van der Waals surface area contributed by atoms with Gasteiger partial charge in [-0.3, -0.25) is 9.48 Å². The molecule has 0 bridgehead atoms. The third kappa shape index (κ3) is 3.16. The fraction of sp³-hybridized carbons (Fsp3) is 0.667. The zero-order valence-electron chi connectivity index (χ0n) is 10.8. The SMILES string of the molecule is CCn1nc(C)c(Br)c1CC(=O)C(C)C(C)N. The first kappa shape index (κ1) is 14.4. The van der Waals surface area contributed by atoms with E-state index in [1.807, 2.05) is 32.4 Å². The molecule has 17 heavy (non-hydrogen) atoms.